The molecule has 0 spiro atoms. The van der Waals surface area contributed by atoms with Gasteiger partial charge in [-0.15, -0.1) is 6.42 Å². The van der Waals surface area contributed by atoms with Crippen molar-refractivity contribution in [2.75, 3.05) is 26.3 Å². The molecule has 0 aliphatic carbocycles. The first-order chi connectivity index (χ1) is 12.3. The molecule has 1 amide bonds. The summed E-state index contributed by atoms with van der Waals surface area (Å²) in [6, 6.07) is 6.64. The molecule has 2 rings (SSSR count). The molecular weight excluding hydrogens is 350 g/mol. The number of benzene rings is 1. The standard InChI is InChI=1S/C20H27NO4S/c1-4-13-25-15-18-9-11-21(12-10-18)20(22)14-17-5-7-19(8-6-17)26(23,24)16(2)3/h1,5-8,16,18H,9-15H2,2-3H3. The predicted molar refractivity (Wildman–Crippen MR) is 101 cm³/mol. The zero-order valence-corrected chi connectivity index (χ0v) is 16.3. The molecule has 0 radical (unpaired) electrons. The fraction of sp³-hybridized carbons (Fsp3) is 0.550. The van der Waals surface area contributed by atoms with Crippen molar-refractivity contribution >= 4 is 15.7 Å². The van der Waals surface area contributed by atoms with Crippen LogP contribution in [0, 0.1) is 18.3 Å². The second-order valence-electron chi connectivity index (χ2n) is 6.96. The monoisotopic (exact) mass is 377 g/mol. The number of terminal acetylenes is 1. The molecule has 6 heteroatoms. The largest absolute Gasteiger partial charge is 0.369 e. The van der Waals surface area contributed by atoms with E-state index in [0.717, 1.165) is 31.5 Å². The van der Waals surface area contributed by atoms with Crippen LogP contribution in [-0.2, 0) is 25.8 Å². The minimum atomic E-state index is -3.28. The smallest absolute Gasteiger partial charge is 0.226 e. The van der Waals surface area contributed by atoms with Crippen LogP contribution in [0.4, 0.5) is 0 Å². The fourth-order valence-electron chi connectivity index (χ4n) is 2.99. The van der Waals surface area contributed by atoms with Crippen LogP contribution in [0.5, 0.6) is 0 Å². The van der Waals surface area contributed by atoms with E-state index in [1.165, 1.54) is 0 Å². The van der Waals surface area contributed by atoms with Gasteiger partial charge >= 0.3 is 0 Å². The number of sulfone groups is 1. The van der Waals surface area contributed by atoms with Crippen LogP contribution < -0.4 is 0 Å². The van der Waals surface area contributed by atoms with Crippen molar-refractivity contribution in [2.24, 2.45) is 5.92 Å². The second-order valence-corrected chi connectivity index (χ2v) is 9.46. The summed E-state index contributed by atoms with van der Waals surface area (Å²) in [6.45, 7) is 5.76. The van der Waals surface area contributed by atoms with Gasteiger partial charge in [0.25, 0.3) is 0 Å². The van der Waals surface area contributed by atoms with Gasteiger partial charge in [0.1, 0.15) is 6.61 Å². The van der Waals surface area contributed by atoms with Crippen molar-refractivity contribution in [2.45, 2.75) is 43.3 Å². The third-order valence-electron chi connectivity index (χ3n) is 4.73. The molecule has 1 saturated heterocycles. The van der Waals surface area contributed by atoms with Gasteiger partial charge in [-0.1, -0.05) is 18.1 Å². The Kier molecular flexibility index (Phi) is 7.24. The lowest BCUT2D eigenvalue weighted by Crippen LogP contribution is -2.40. The van der Waals surface area contributed by atoms with Crippen LogP contribution in [-0.4, -0.2) is 50.8 Å². The van der Waals surface area contributed by atoms with Crippen molar-refractivity contribution in [3.05, 3.63) is 29.8 Å². The zero-order valence-electron chi connectivity index (χ0n) is 15.5. The molecule has 0 saturated carbocycles. The number of hydrogen-bond donors (Lipinski definition) is 0. The summed E-state index contributed by atoms with van der Waals surface area (Å²) in [5.74, 6) is 2.98. The summed E-state index contributed by atoms with van der Waals surface area (Å²) in [5, 5.41) is -0.458. The van der Waals surface area contributed by atoms with Crippen molar-refractivity contribution in [1.29, 1.82) is 0 Å². The molecule has 1 aromatic rings. The van der Waals surface area contributed by atoms with Crippen LogP contribution in [0.25, 0.3) is 0 Å². The Morgan fingerprint density at radius 2 is 1.88 bits per heavy atom. The van der Waals surface area contributed by atoms with E-state index in [-0.39, 0.29) is 5.91 Å². The number of rotatable bonds is 7. The number of hydrogen-bond acceptors (Lipinski definition) is 4. The lowest BCUT2D eigenvalue weighted by molar-refractivity contribution is -0.132. The molecular formula is C20H27NO4S. The molecule has 1 heterocycles. The third-order valence-corrected chi connectivity index (χ3v) is 6.90. The first-order valence-corrected chi connectivity index (χ1v) is 10.5. The first-order valence-electron chi connectivity index (χ1n) is 8.96. The van der Waals surface area contributed by atoms with Gasteiger partial charge in [-0.2, -0.15) is 0 Å². The number of nitrogens with zero attached hydrogens (tertiary/aromatic N) is 1. The van der Waals surface area contributed by atoms with E-state index >= 15 is 0 Å². The average molecular weight is 378 g/mol. The molecule has 26 heavy (non-hydrogen) atoms. The van der Waals surface area contributed by atoms with Gasteiger partial charge in [-0.05, 0) is 50.3 Å². The fourth-order valence-corrected chi connectivity index (χ4v) is 4.05. The number of carbonyl (C=O) groups excluding carboxylic acids is 1. The Morgan fingerprint density at radius 1 is 1.27 bits per heavy atom. The lowest BCUT2D eigenvalue weighted by atomic mass is 9.97. The normalized spacial score (nSPS) is 15.8. The molecule has 0 atom stereocenters. The Labute approximate surface area is 156 Å². The molecule has 1 aliphatic heterocycles. The Balaban J connectivity index is 1.86. The summed E-state index contributed by atoms with van der Waals surface area (Å²) in [7, 11) is -3.28. The molecule has 1 fully saturated rings. The summed E-state index contributed by atoms with van der Waals surface area (Å²) in [5.41, 5.74) is 0.831. The highest BCUT2D eigenvalue weighted by atomic mass is 32.2. The number of piperidine rings is 1. The van der Waals surface area contributed by atoms with Gasteiger partial charge in [0.05, 0.1) is 23.2 Å². The maximum Gasteiger partial charge on any atom is 0.226 e. The van der Waals surface area contributed by atoms with Crippen molar-refractivity contribution in [3.63, 3.8) is 0 Å². The first kappa shape index (κ1) is 20.5. The molecule has 0 bridgehead atoms. The van der Waals surface area contributed by atoms with E-state index in [9.17, 15) is 13.2 Å². The highest BCUT2D eigenvalue weighted by Crippen LogP contribution is 2.20. The summed E-state index contributed by atoms with van der Waals surface area (Å²) < 4.78 is 29.7. The summed E-state index contributed by atoms with van der Waals surface area (Å²) in [4.78, 5) is 14.6. The molecule has 0 aromatic heterocycles. The quantitative estimate of drug-likeness (QED) is 0.540. The molecule has 0 N–H and O–H groups in total. The van der Waals surface area contributed by atoms with Gasteiger partial charge < -0.3 is 9.64 Å². The van der Waals surface area contributed by atoms with E-state index in [1.54, 1.807) is 38.1 Å². The SMILES string of the molecule is C#CCOCC1CCN(C(=O)Cc2ccc(S(=O)(=O)C(C)C)cc2)CC1. The highest BCUT2D eigenvalue weighted by Gasteiger charge is 2.23. The second kappa shape index (κ2) is 9.20. The maximum absolute atomic E-state index is 12.5. The number of ether oxygens (including phenoxy) is 1. The van der Waals surface area contributed by atoms with E-state index in [0.29, 0.717) is 30.4 Å². The third kappa shape index (κ3) is 5.33. The Hall–Kier alpha value is -1.84. The van der Waals surface area contributed by atoms with E-state index < -0.39 is 15.1 Å². The van der Waals surface area contributed by atoms with Gasteiger partial charge in [0, 0.05) is 13.1 Å². The number of carbonyl (C=O) groups is 1. The predicted octanol–water partition coefficient (Wildman–Crippen LogP) is 2.30. The van der Waals surface area contributed by atoms with Crippen molar-refractivity contribution in [1.82, 2.24) is 4.90 Å². The van der Waals surface area contributed by atoms with Crippen LogP contribution in [0.15, 0.2) is 29.2 Å². The minimum Gasteiger partial charge on any atom is -0.369 e. The summed E-state index contributed by atoms with van der Waals surface area (Å²) >= 11 is 0. The highest BCUT2D eigenvalue weighted by molar-refractivity contribution is 7.92. The van der Waals surface area contributed by atoms with E-state index in [4.69, 9.17) is 11.2 Å². The van der Waals surface area contributed by atoms with Gasteiger partial charge in [0.15, 0.2) is 9.84 Å². The van der Waals surface area contributed by atoms with E-state index in [2.05, 4.69) is 5.92 Å². The van der Waals surface area contributed by atoms with Crippen LogP contribution >= 0.6 is 0 Å². The number of amides is 1. The topological polar surface area (TPSA) is 63.7 Å². The number of likely N-dealkylation sites (tertiary alicyclic amines) is 1. The van der Waals surface area contributed by atoms with E-state index in [1.807, 2.05) is 4.90 Å². The van der Waals surface area contributed by atoms with Crippen molar-refractivity contribution < 1.29 is 17.9 Å². The molecule has 5 nitrogen and oxygen atoms in total. The van der Waals surface area contributed by atoms with Gasteiger partial charge in [0.2, 0.25) is 5.91 Å². The van der Waals surface area contributed by atoms with Crippen molar-refractivity contribution in [3.8, 4) is 12.3 Å². The van der Waals surface area contributed by atoms with Crippen LogP contribution in [0.1, 0.15) is 32.3 Å². The van der Waals surface area contributed by atoms with Crippen LogP contribution in [0.2, 0.25) is 0 Å². The Morgan fingerprint density at radius 3 is 2.42 bits per heavy atom. The van der Waals surface area contributed by atoms with Gasteiger partial charge in [-0.3, -0.25) is 4.79 Å². The molecule has 0 unspecified atom stereocenters. The van der Waals surface area contributed by atoms with Gasteiger partial charge in [-0.25, -0.2) is 8.42 Å². The minimum absolute atomic E-state index is 0.0764. The van der Waals surface area contributed by atoms with Crippen LogP contribution in [0.3, 0.4) is 0 Å². The Bertz CT molecular complexity index is 739. The molecule has 1 aliphatic rings. The molecule has 142 valence electrons. The molecule has 1 aromatic carbocycles. The lowest BCUT2D eigenvalue weighted by Gasteiger charge is -2.32. The maximum atomic E-state index is 12.5. The summed E-state index contributed by atoms with van der Waals surface area (Å²) in [6.07, 6.45) is 7.29. The average Bonchev–Trinajstić information content (AvgIpc) is 2.63. The zero-order chi connectivity index (χ0) is 19.2.